The van der Waals surface area contributed by atoms with Gasteiger partial charge in [-0.25, -0.2) is 0 Å². The molecule has 2 aliphatic rings. The molecule has 0 spiro atoms. The van der Waals surface area contributed by atoms with Crippen LogP contribution in [0.4, 0.5) is 13.2 Å². The molecular weight excluding hydrogens is 383 g/mol. The summed E-state index contributed by atoms with van der Waals surface area (Å²) in [4.78, 5) is 19.6. The molecule has 1 amide bonds. The number of rotatable bonds is 3. The van der Waals surface area contributed by atoms with Gasteiger partial charge in [0, 0.05) is 56.6 Å². The van der Waals surface area contributed by atoms with Crippen LogP contribution in [0.2, 0.25) is 0 Å². The fourth-order valence-electron chi connectivity index (χ4n) is 3.42. The van der Waals surface area contributed by atoms with Gasteiger partial charge in [-0.05, 0) is 25.8 Å². The molecular formula is C20H28F3N5O. The van der Waals surface area contributed by atoms with Crippen LogP contribution in [0.3, 0.4) is 0 Å². The Bertz CT molecular complexity index is 745. The van der Waals surface area contributed by atoms with E-state index in [1.54, 1.807) is 13.1 Å². The van der Waals surface area contributed by atoms with Gasteiger partial charge in [0.2, 0.25) is 5.91 Å². The Morgan fingerprint density at radius 2 is 2.24 bits per heavy atom. The smallest absolute Gasteiger partial charge is 0.385 e. The highest BCUT2D eigenvalue weighted by Gasteiger charge is 2.35. The van der Waals surface area contributed by atoms with Crippen molar-refractivity contribution in [2.45, 2.75) is 44.8 Å². The Morgan fingerprint density at radius 1 is 1.48 bits per heavy atom. The van der Waals surface area contributed by atoms with Gasteiger partial charge in [-0.3, -0.25) is 9.79 Å². The summed E-state index contributed by atoms with van der Waals surface area (Å²) in [7, 11) is 1.45. The quantitative estimate of drug-likeness (QED) is 0.697. The summed E-state index contributed by atoms with van der Waals surface area (Å²) in [6.45, 7) is 4.12. The Balaban J connectivity index is 2.18. The van der Waals surface area contributed by atoms with Gasteiger partial charge in [0.15, 0.2) is 0 Å². The Kier molecular flexibility index (Phi) is 8.00. The SMILES string of the molecule is CC#C/C1=C(\N)NCCN=C/C=C(/N2CCCC(N(C)C(=O)CC(F)(F)F)C2)C1. The molecule has 0 aromatic carbocycles. The van der Waals surface area contributed by atoms with E-state index < -0.39 is 18.5 Å². The Hall–Kier alpha value is -2.63. The summed E-state index contributed by atoms with van der Waals surface area (Å²) < 4.78 is 37.8. The highest BCUT2D eigenvalue weighted by molar-refractivity contribution is 5.77. The number of carbonyl (C=O) groups is 1. The summed E-state index contributed by atoms with van der Waals surface area (Å²) in [6, 6.07) is -0.285. The van der Waals surface area contributed by atoms with E-state index in [0.717, 1.165) is 24.2 Å². The first-order valence-electron chi connectivity index (χ1n) is 9.63. The van der Waals surface area contributed by atoms with Gasteiger partial charge in [0.25, 0.3) is 0 Å². The highest BCUT2D eigenvalue weighted by Crippen LogP contribution is 2.26. The van der Waals surface area contributed by atoms with Crippen LogP contribution >= 0.6 is 0 Å². The summed E-state index contributed by atoms with van der Waals surface area (Å²) in [5.41, 5.74) is 7.82. The Morgan fingerprint density at radius 3 is 2.93 bits per heavy atom. The first kappa shape index (κ1) is 22.7. The fourth-order valence-corrected chi connectivity index (χ4v) is 3.42. The summed E-state index contributed by atoms with van der Waals surface area (Å²) >= 11 is 0. The van der Waals surface area contributed by atoms with Crippen molar-refractivity contribution < 1.29 is 18.0 Å². The lowest BCUT2D eigenvalue weighted by Crippen LogP contribution is -2.49. The predicted molar refractivity (Wildman–Crippen MR) is 107 cm³/mol. The molecule has 2 rings (SSSR count). The number of allylic oxidation sites excluding steroid dienone is 2. The van der Waals surface area contributed by atoms with Crippen LogP contribution in [0.15, 0.2) is 28.2 Å². The van der Waals surface area contributed by atoms with Crippen molar-refractivity contribution in [1.29, 1.82) is 0 Å². The number of amides is 1. The molecule has 2 aliphatic heterocycles. The second-order valence-corrected chi connectivity index (χ2v) is 7.12. The van der Waals surface area contributed by atoms with Crippen LogP contribution in [0.1, 0.15) is 32.6 Å². The van der Waals surface area contributed by atoms with Gasteiger partial charge in [-0.1, -0.05) is 5.92 Å². The van der Waals surface area contributed by atoms with E-state index >= 15 is 0 Å². The van der Waals surface area contributed by atoms with E-state index in [2.05, 4.69) is 27.0 Å². The fraction of sp³-hybridized carbons (Fsp3) is 0.600. The number of likely N-dealkylation sites (N-methyl/N-ethyl adjacent to an activating group) is 1. The predicted octanol–water partition coefficient (Wildman–Crippen LogP) is 2.00. The number of hydrogen-bond acceptors (Lipinski definition) is 5. The van der Waals surface area contributed by atoms with Crippen molar-refractivity contribution in [1.82, 2.24) is 15.1 Å². The molecule has 2 heterocycles. The number of nitrogens with zero attached hydrogens (tertiary/aromatic N) is 3. The molecule has 0 bridgehead atoms. The minimum atomic E-state index is -4.50. The number of carbonyl (C=O) groups excluding carboxylic acids is 1. The lowest BCUT2D eigenvalue weighted by molar-refractivity contribution is -0.162. The number of halogens is 3. The van der Waals surface area contributed by atoms with Crippen molar-refractivity contribution in [3.8, 4) is 11.8 Å². The second-order valence-electron chi connectivity index (χ2n) is 7.12. The van der Waals surface area contributed by atoms with Crippen molar-refractivity contribution >= 4 is 12.1 Å². The molecule has 6 nitrogen and oxygen atoms in total. The Labute approximate surface area is 169 Å². The molecule has 1 atom stereocenters. The van der Waals surface area contributed by atoms with Gasteiger partial charge in [0.1, 0.15) is 12.2 Å². The maximum Gasteiger partial charge on any atom is 0.397 e. The number of nitrogens with two attached hydrogens (primary N) is 1. The van der Waals surface area contributed by atoms with Crippen LogP contribution in [0, 0.1) is 11.8 Å². The van der Waals surface area contributed by atoms with E-state index in [0.29, 0.717) is 38.3 Å². The maximum absolute atomic E-state index is 12.6. The van der Waals surface area contributed by atoms with Gasteiger partial charge >= 0.3 is 6.18 Å². The van der Waals surface area contributed by atoms with Crippen LogP contribution in [-0.2, 0) is 4.79 Å². The summed E-state index contributed by atoms with van der Waals surface area (Å²) in [6.07, 6.45) is -0.380. The number of piperidine rings is 1. The average molecular weight is 411 g/mol. The third kappa shape index (κ3) is 7.04. The monoisotopic (exact) mass is 411 g/mol. The molecule has 0 aromatic rings. The van der Waals surface area contributed by atoms with Crippen molar-refractivity contribution in [2.75, 3.05) is 33.2 Å². The average Bonchev–Trinajstić information content (AvgIpc) is 2.66. The molecule has 29 heavy (non-hydrogen) atoms. The molecule has 1 fully saturated rings. The molecule has 0 saturated carbocycles. The molecule has 160 valence electrons. The number of aliphatic imine (C=N–C) groups is 1. The third-order valence-electron chi connectivity index (χ3n) is 4.98. The van der Waals surface area contributed by atoms with Crippen molar-refractivity contribution in [3.05, 3.63) is 23.2 Å². The van der Waals surface area contributed by atoms with Gasteiger partial charge in [0.05, 0.1) is 6.54 Å². The zero-order valence-electron chi connectivity index (χ0n) is 16.9. The molecule has 1 unspecified atom stereocenters. The molecule has 3 N–H and O–H groups in total. The summed E-state index contributed by atoms with van der Waals surface area (Å²) in [5.74, 6) is 5.51. The minimum Gasteiger partial charge on any atom is -0.385 e. The van der Waals surface area contributed by atoms with Crippen molar-refractivity contribution in [3.63, 3.8) is 0 Å². The highest BCUT2D eigenvalue weighted by atomic mass is 19.4. The molecule has 0 aliphatic carbocycles. The molecule has 9 heteroatoms. The van der Waals surface area contributed by atoms with E-state index in [1.807, 2.05) is 6.08 Å². The van der Waals surface area contributed by atoms with Crippen LogP contribution in [0.5, 0.6) is 0 Å². The third-order valence-corrected chi connectivity index (χ3v) is 4.98. The maximum atomic E-state index is 12.6. The topological polar surface area (TPSA) is 74.0 Å². The van der Waals surface area contributed by atoms with Crippen LogP contribution < -0.4 is 11.1 Å². The van der Waals surface area contributed by atoms with Crippen LogP contribution in [0.25, 0.3) is 0 Å². The second kappa shape index (κ2) is 10.2. The number of nitrogens with one attached hydrogen (secondary N) is 1. The van der Waals surface area contributed by atoms with Crippen LogP contribution in [-0.4, -0.2) is 67.4 Å². The number of likely N-dealkylation sites (tertiary alicyclic amines) is 1. The molecule has 1 saturated heterocycles. The lowest BCUT2D eigenvalue weighted by atomic mass is 10.0. The van der Waals surface area contributed by atoms with E-state index in [4.69, 9.17) is 5.73 Å². The van der Waals surface area contributed by atoms with E-state index in [1.165, 1.54) is 11.9 Å². The zero-order valence-corrected chi connectivity index (χ0v) is 16.9. The minimum absolute atomic E-state index is 0.285. The van der Waals surface area contributed by atoms with Gasteiger partial charge in [-0.2, -0.15) is 13.2 Å². The van der Waals surface area contributed by atoms with E-state index in [9.17, 15) is 18.0 Å². The largest absolute Gasteiger partial charge is 0.397 e. The normalized spacial score (nSPS) is 25.2. The van der Waals surface area contributed by atoms with E-state index in [-0.39, 0.29) is 6.04 Å². The first-order chi connectivity index (χ1) is 13.7. The lowest BCUT2D eigenvalue weighted by Gasteiger charge is -2.40. The van der Waals surface area contributed by atoms with Gasteiger partial charge in [-0.15, -0.1) is 5.92 Å². The first-order valence-corrected chi connectivity index (χ1v) is 9.63. The zero-order chi connectivity index (χ0) is 21.4. The summed E-state index contributed by atoms with van der Waals surface area (Å²) in [5, 5.41) is 3.11. The number of alkyl halides is 3. The van der Waals surface area contributed by atoms with Crippen molar-refractivity contribution in [2.24, 2.45) is 10.7 Å². The molecule has 0 aromatic heterocycles. The molecule has 0 radical (unpaired) electrons. The standard InChI is InChI=1S/C20H28F3N5O/c1-3-5-15-12-16(7-8-25-9-10-26-19(15)24)28-11-4-6-17(14-28)27(2)18(29)13-20(21,22)23/h7-8,17,26H,4,6,9-14,24H2,1-2H3/b16-7+,19-15-,25-8?. The van der Waals surface area contributed by atoms with Gasteiger partial charge < -0.3 is 20.9 Å². The number of hydrogen-bond donors (Lipinski definition) is 2.